The first kappa shape index (κ1) is 19.1. The number of hydrogen-bond donors (Lipinski definition) is 0. The molecular weight excluding hydrogens is 475 g/mol. The second kappa shape index (κ2) is 8.36. The third kappa shape index (κ3) is 4.95. The molecule has 0 aliphatic carbocycles. The summed E-state index contributed by atoms with van der Waals surface area (Å²) in [7, 11) is -3.51. The van der Waals surface area contributed by atoms with Gasteiger partial charge in [-0.25, -0.2) is 0 Å². The molecule has 3 rings (SSSR count). The van der Waals surface area contributed by atoms with E-state index in [4.69, 9.17) is 0 Å². The zero-order chi connectivity index (χ0) is 18.6. The van der Waals surface area contributed by atoms with E-state index in [0.717, 1.165) is 24.5 Å². The van der Waals surface area contributed by atoms with E-state index >= 15 is 0 Å². The Morgan fingerprint density at radius 2 is 1.50 bits per heavy atom. The molecule has 0 bridgehead atoms. The van der Waals surface area contributed by atoms with Gasteiger partial charge in [-0.05, 0) is 0 Å². The summed E-state index contributed by atoms with van der Waals surface area (Å²) in [5.41, 5.74) is 1.96. The van der Waals surface area contributed by atoms with E-state index in [0.29, 0.717) is 4.90 Å². The summed E-state index contributed by atoms with van der Waals surface area (Å²) in [5, 5.41) is 1.42. The molecule has 0 N–H and O–H groups in total. The number of halogens is 1. The van der Waals surface area contributed by atoms with Crippen molar-refractivity contribution in [3.63, 3.8) is 0 Å². The van der Waals surface area contributed by atoms with Crippen molar-refractivity contribution < 1.29 is 8.42 Å². The van der Waals surface area contributed by atoms with E-state index in [1.165, 1.54) is 5.41 Å². The van der Waals surface area contributed by atoms with Crippen LogP contribution in [0.4, 0.5) is 0 Å². The average molecular weight is 492 g/mol. The van der Waals surface area contributed by atoms with Crippen LogP contribution in [0.1, 0.15) is 11.1 Å². The molecule has 0 saturated carbocycles. The molecule has 0 aromatic heterocycles. The molecule has 0 atom stereocenters. The monoisotopic (exact) mass is 492 g/mol. The van der Waals surface area contributed by atoms with Gasteiger partial charge in [0.05, 0.1) is 0 Å². The van der Waals surface area contributed by atoms with Gasteiger partial charge in [-0.1, -0.05) is 0 Å². The minimum absolute atomic E-state index is 0.118. The Morgan fingerprint density at radius 1 is 0.885 bits per heavy atom. The average Bonchev–Trinajstić information content (AvgIpc) is 2.63. The van der Waals surface area contributed by atoms with Crippen molar-refractivity contribution in [2.75, 3.05) is 0 Å². The number of rotatable bonds is 5. The maximum atomic E-state index is 12.9. The predicted molar refractivity (Wildman–Crippen MR) is 112 cm³/mol. The topological polar surface area (TPSA) is 34.1 Å². The molecule has 2 nitrogen and oxygen atoms in total. The SMILES string of the molecule is Cc1ccc(S(=O)(=O)/C=C(/[Se]c2ccccc2)c2ccc(Br)cc2)cc1. The summed E-state index contributed by atoms with van der Waals surface area (Å²) >= 11 is 3.32. The van der Waals surface area contributed by atoms with Crippen LogP contribution in [0, 0.1) is 6.92 Å². The number of benzene rings is 3. The van der Waals surface area contributed by atoms with Gasteiger partial charge in [0.25, 0.3) is 0 Å². The van der Waals surface area contributed by atoms with Crippen LogP contribution < -0.4 is 4.46 Å². The zero-order valence-corrected chi connectivity index (χ0v) is 18.2. The van der Waals surface area contributed by atoms with Gasteiger partial charge >= 0.3 is 170 Å². The fourth-order valence-corrected chi connectivity index (χ4v) is 6.48. The van der Waals surface area contributed by atoms with Gasteiger partial charge in [0.15, 0.2) is 0 Å². The molecule has 0 aliphatic heterocycles. The molecular formula is C21H17BrO2SSe. The fourth-order valence-electron chi connectivity index (χ4n) is 2.32. The molecule has 132 valence electrons. The third-order valence-corrected chi connectivity index (χ3v) is 8.32. The van der Waals surface area contributed by atoms with Crippen LogP contribution in [0.2, 0.25) is 0 Å². The quantitative estimate of drug-likeness (QED) is 0.490. The molecule has 0 spiro atoms. The van der Waals surface area contributed by atoms with Crippen molar-refractivity contribution in [3.05, 3.63) is 99.9 Å². The van der Waals surface area contributed by atoms with Crippen LogP contribution in [-0.4, -0.2) is 23.4 Å². The summed E-state index contributed by atoms with van der Waals surface area (Å²) in [6.45, 7) is 1.94. The first-order valence-electron chi connectivity index (χ1n) is 7.96. The Morgan fingerprint density at radius 3 is 2.12 bits per heavy atom. The summed E-state index contributed by atoms with van der Waals surface area (Å²) in [5.74, 6) is 0. The second-order valence-corrected chi connectivity index (χ2v) is 10.8. The number of aryl methyl sites for hydroxylation is 1. The Balaban J connectivity index is 2.05. The van der Waals surface area contributed by atoms with Crippen LogP contribution in [0.15, 0.2) is 93.6 Å². The molecule has 0 radical (unpaired) electrons. The molecule has 0 fully saturated rings. The summed E-state index contributed by atoms with van der Waals surface area (Å²) in [6, 6.07) is 24.7. The Bertz CT molecular complexity index is 1010. The molecule has 26 heavy (non-hydrogen) atoms. The van der Waals surface area contributed by atoms with Crippen molar-refractivity contribution in [3.8, 4) is 0 Å². The van der Waals surface area contributed by atoms with E-state index in [9.17, 15) is 8.42 Å². The van der Waals surface area contributed by atoms with Gasteiger partial charge in [-0.15, -0.1) is 0 Å². The molecule has 5 heteroatoms. The Labute approximate surface area is 169 Å². The first-order chi connectivity index (χ1) is 12.4. The fraction of sp³-hybridized carbons (Fsp3) is 0.0476. The maximum absolute atomic E-state index is 12.9. The second-order valence-electron chi connectivity index (χ2n) is 5.76. The van der Waals surface area contributed by atoms with Crippen molar-refractivity contribution in [2.24, 2.45) is 0 Å². The Kier molecular flexibility index (Phi) is 6.15. The normalized spacial score (nSPS) is 12.2. The van der Waals surface area contributed by atoms with Crippen molar-refractivity contribution >= 4 is 49.7 Å². The molecule has 0 saturated heterocycles. The van der Waals surface area contributed by atoms with Crippen LogP contribution in [-0.2, 0) is 9.84 Å². The van der Waals surface area contributed by atoms with Crippen LogP contribution in [0.5, 0.6) is 0 Å². The van der Waals surface area contributed by atoms with Gasteiger partial charge in [0, 0.05) is 0 Å². The van der Waals surface area contributed by atoms with Gasteiger partial charge in [0.1, 0.15) is 0 Å². The first-order valence-corrected chi connectivity index (χ1v) is 12.0. The van der Waals surface area contributed by atoms with Gasteiger partial charge in [0.2, 0.25) is 0 Å². The predicted octanol–water partition coefficient (Wildman–Crippen LogP) is 4.56. The minimum atomic E-state index is -3.51. The van der Waals surface area contributed by atoms with Gasteiger partial charge < -0.3 is 0 Å². The van der Waals surface area contributed by atoms with Crippen molar-refractivity contribution in [2.45, 2.75) is 11.8 Å². The van der Waals surface area contributed by atoms with Gasteiger partial charge in [-0.2, -0.15) is 0 Å². The molecule has 0 unspecified atom stereocenters. The van der Waals surface area contributed by atoms with E-state index in [1.54, 1.807) is 12.1 Å². The zero-order valence-electron chi connectivity index (χ0n) is 14.1. The van der Waals surface area contributed by atoms with Crippen LogP contribution in [0.3, 0.4) is 0 Å². The Hall–Kier alpha value is -1.65. The van der Waals surface area contributed by atoms with E-state index in [2.05, 4.69) is 15.9 Å². The van der Waals surface area contributed by atoms with E-state index < -0.39 is 9.84 Å². The summed E-state index contributed by atoms with van der Waals surface area (Å²) in [4.78, 5) is 0.321. The molecule has 0 heterocycles. The van der Waals surface area contributed by atoms with Crippen molar-refractivity contribution in [1.29, 1.82) is 0 Å². The third-order valence-electron chi connectivity index (χ3n) is 3.71. The number of sulfone groups is 1. The van der Waals surface area contributed by atoms with Crippen LogP contribution >= 0.6 is 15.9 Å². The van der Waals surface area contributed by atoms with E-state index in [1.807, 2.05) is 73.7 Å². The van der Waals surface area contributed by atoms with E-state index in [-0.39, 0.29) is 15.0 Å². The summed E-state index contributed by atoms with van der Waals surface area (Å²) < 4.78 is 28.7. The molecule has 3 aromatic rings. The standard InChI is InChI=1S/C21H17BrO2SSe/c1-16-7-13-19(14-8-16)25(23,24)15-21(17-9-11-18(22)12-10-17)26-20-5-3-2-4-6-20/h2-15H,1H3/b21-15+. The van der Waals surface area contributed by atoms with Gasteiger partial charge in [-0.3, -0.25) is 0 Å². The van der Waals surface area contributed by atoms with Crippen LogP contribution in [0.25, 0.3) is 4.47 Å². The molecule has 3 aromatic carbocycles. The summed E-state index contributed by atoms with van der Waals surface area (Å²) in [6.07, 6.45) is 0. The molecule has 0 amide bonds. The number of hydrogen-bond acceptors (Lipinski definition) is 2. The van der Waals surface area contributed by atoms with Crippen molar-refractivity contribution in [1.82, 2.24) is 0 Å². The molecule has 0 aliphatic rings.